The van der Waals surface area contributed by atoms with Crippen molar-refractivity contribution >= 4 is 16.7 Å². The lowest BCUT2D eigenvalue weighted by molar-refractivity contribution is 0.401. The number of anilines is 1. The number of rotatable bonds is 2. The zero-order valence-corrected chi connectivity index (χ0v) is 10.5. The van der Waals surface area contributed by atoms with Crippen LogP contribution in [0, 0.1) is 0 Å². The van der Waals surface area contributed by atoms with Gasteiger partial charge in [0.2, 0.25) is 5.88 Å². The van der Waals surface area contributed by atoms with Crippen LogP contribution in [0.2, 0.25) is 0 Å². The fourth-order valence-electron chi connectivity index (χ4n) is 2.09. The highest BCUT2D eigenvalue weighted by atomic mass is 16.5. The molecule has 0 saturated heterocycles. The molecule has 0 bridgehead atoms. The Bertz CT molecular complexity index is 740. The number of pyridine rings is 2. The maximum atomic E-state index is 5.93. The van der Waals surface area contributed by atoms with E-state index in [1.807, 2.05) is 42.5 Å². The van der Waals surface area contributed by atoms with Gasteiger partial charge in [-0.1, -0.05) is 18.2 Å². The predicted octanol–water partition coefficient (Wildman–Crippen LogP) is 2.89. The molecule has 0 aliphatic carbocycles. The summed E-state index contributed by atoms with van der Waals surface area (Å²) in [6.45, 7) is 0. The van der Waals surface area contributed by atoms with E-state index in [0.717, 1.165) is 22.0 Å². The van der Waals surface area contributed by atoms with Crippen molar-refractivity contribution in [1.29, 1.82) is 0 Å². The first-order valence-corrected chi connectivity index (χ1v) is 5.94. The highest BCUT2D eigenvalue weighted by molar-refractivity contribution is 5.88. The first-order chi connectivity index (χ1) is 9.29. The molecule has 0 fully saturated rings. The van der Waals surface area contributed by atoms with Crippen LogP contribution in [0.25, 0.3) is 22.0 Å². The minimum Gasteiger partial charge on any atom is -0.481 e. The number of nitrogens with two attached hydrogens (primary N) is 1. The van der Waals surface area contributed by atoms with Crippen LogP contribution in [0.4, 0.5) is 5.82 Å². The highest BCUT2D eigenvalue weighted by Gasteiger charge is 2.12. The molecule has 0 atom stereocenters. The van der Waals surface area contributed by atoms with Gasteiger partial charge in [-0.25, -0.2) is 9.97 Å². The minimum absolute atomic E-state index is 0.470. The normalized spacial score (nSPS) is 10.6. The van der Waals surface area contributed by atoms with Crippen molar-refractivity contribution in [2.24, 2.45) is 0 Å². The van der Waals surface area contributed by atoms with Gasteiger partial charge >= 0.3 is 0 Å². The van der Waals surface area contributed by atoms with Crippen LogP contribution >= 0.6 is 0 Å². The Hall–Kier alpha value is -2.62. The monoisotopic (exact) mass is 251 g/mol. The van der Waals surface area contributed by atoms with Crippen LogP contribution in [-0.2, 0) is 0 Å². The van der Waals surface area contributed by atoms with E-state index in [1.54, 1.807) is 13.3 Å². The zero-order valence-electron chi connectivity index (χ0n) is 10.5. The lowest BCUT2D eigenvalue weighted by atomic mass is 10.1. The molecule has 2 aromatic heterocycles. The molecule has 0 aliphatic rings. The molecule has 1 aromatic carbocycles. The van der Waals surface area contributed by atoms with E-state index < -0.39 is 0 Å². The molecule has 0 spiro atoms. The number of benzene rings is 1. The topological polar surface area (TPSA) is 61.0 Å². The largest absolute Gasteiger partial charge is 0.481 e. The number of hydrogen-bond acceptors (Lipinski definition) is 4. The molecule has 0 amide bonds. The van der Waals surface area contributed by atoms with Gasteiger partial charge in [0.1, 0.15) is 5.82 Å². The smallest absolute Gasteiger partial charge is 0.221 e. The molecule has 94 valence electrons. The van der Waals surface area contributed by atoms with E-state index in [0.29, 0.717) is 11.7 Å². The summed E-state index contributed by atoms with van der Waals surface area (Å²) in [5.41, 5.74) is 8.50. The fraction of sp³-hybridized carbons (Fsp3) is 0.0667. The lowest BCUT2D eigenvalue weighted by Gasteiger charge is -2.10. The first-order valence-electron chi connectivity index (χ1n) is 5.94. The number of fused-ring (bicyclic) bond motifs is 1. The molecule has 19 heavy (non-hydrogen) atoms. The van der Waals surface area contributed by atoms with Gasteiger partial charge in [-0.2, -0.15) is 0 Å². The number of nitrogens with zero attached hydrogens (tertiary/aromatic N) is 2. The van der Waals surface area contributed by atoms with Crippen molar-refractivity contribution in [3.05, 3.63) is 48.7 Å². The molecule has 2 heterocycles. The van der Waals surface area contributed by atoms with Gasteiger partial charge in [0.25, 0.3) is 0 Å². The molecule has 0 radical (unpaired) electrons. The molecule has 4 heteroatoms. The van der Waals surface area contributed by atoms with Crippen molar-refractivity contribution in [3.8, 4) is 17.0 Å². The predicted molar refractivity (Wildman–Crippen MR) is 75.9 cm³/mol. The van der Waals surface area contributed by atoms with Crippen molar-refractivity contribution in [2.45, 2.75) is 0 Å². The summed E-state index contributed by atoms with van der Waals surface area (Å²) < 4.78 is 5.37. The zero-order chi connectivity index (χ0) is 13.2. The van der Waals surface area contributed by atoms with Crippen molar-refractivity contribution in [2.75, 3.05) is 12.8 Å². The summed E-state index contributed by atoms with van der Waals surface area (Å²) in [4.78, 5) is 8.61. The molecule has 3 aromatic rings. The second-order valence-electron chi connectivity index (χ2n) is 4.17. The summed E-state index contributed by atoms with van der Waals surface area (Å²) in [5.74, 6) is 1.02. The van der Waals surface area contributed by atoms with Crippen LogP contribution in [0.15, 0.2) is 48.7 Å². The third-order valence-electron chi connectivity index (χ3n) is 3.01. The van der Waals surface area contributed by atoms with Crippen LogP contribution in [0.3, 0.4) is 0 Å². The van der Waals surface area contributed by atoms with Gasteiger partial charge in [0, 0.05) is 22.7 Å². The Labute approximate surface area is 110 Å². The summed E-state index contributed by atoms with van der Waals surface area (Å²) >= 11 is 0. The van der Waals surface area contributed by atoms with Gasteiger partial charge in [-0.15, -0.1) is 0 Å². The Morgan fingerprint density at radius 2 is 1.89 bits per heavy atom. The minimum atomic E-state index is 0.470. The van der Waals surface area contributed by atoms with E-state index in [4.69, 9.17) is 10.5 Å². The van der Waals surface area contributed by atoms with Gasteiger partial charge < -0.3 is 10.5 Å². The molecule has 0 saturated carbocycles. The number of para-hydroxylation sites is 1. The number of hydrogen-bond donors (Lipinski definition) is 1. The molecular formula is C15H13N3O. The van der Waals surface area contributed by atoms with Crippen LogP contribution in [-0.4, -0.2) is 17.1 Å². The first kappa shape index (κ1) is 11.5. The lowest BCUT2D eigenvalue weighted by Crippen LogP contribution is -1.97. The molecule has 4 nitrogen and oxygen atoms in total. The number of nitrogen functional groups attached to an aromatic ring is 1. The van der Waals surface area contributed by atoms with Crippen LogP contribution < -0.4 is 10.5 Å². The van der Waals surface area contributed by atoms with Crippen LogP contribution in [0.1, 0.15) is 0 Å². The van der Waals surface area contributed by atoms with E-state index in [-0.39, 0.29) is 0 Å². The third-order valence-corrected chi connectivity index (χ3v) is 3.01. The maximum absolute atomic E-state index is 5.93. The van der Waals surface area contributed by atoms with Crippen molar-refractivity contribution < 1.29 is 4.74 Å². The standard InChI is InChI=1S/C15H13N3O/c1-19-15-12(11-6-4-8-17-14(11)16)9-10-5-2-3-7-13(10)18-15/h2-9H,1H3,(H2,16,17). The molecule has 0 unspecified atom stereocenters. The third kappa shape index (κ3) is 1.97. The second-order valence-corrected chi connectivity index (χ2v) is 4.17. The fourth-order valence-corrected chi connectivity index (χ4v) is 2.09. The Kier molecular flexibility index (Phi) is 2.76. The number of aromatic nitrogens is 2. The summed E-state index contributed by atoms with van der Waals surface area (Å²) in [6.07, 6.45) is 1.67. The number of methoxy groups -OCH3 is 1. The Morgan fingerprint density at radius 1 is 1.05 bits per heavy atom. The molecule has 2 N–H and O–H groups in total. The van der Waals surface area contributed by atoms with E-state index >= 15 is 0 Å². The molecular weight excluding hydrogens is 238 g/mol. The van der Waals surface area contributed by atoms with Gasteiger partial charge in [0.05, 0.1) is 12.6 Å². The maximum Gasteiger partial charge on any atom is 0.221 e. The van der Waals surface area contributed by atoms with Crippen molar-refractivity contribution in [3.63, 3.8) is 0 Å². The summed E-state index contributed by atoms with van der Waals surface area (Å²) in [5, 5.41) is 1.04. The summed E-state index contributed by atoms with van der Waals surface area (Å²) in [7, 11) is 1.60. The molecule has 3 rings (SSSR count). The quantitative estimate of drug-likeness (QED) is 0.760. The van der Waals surface area contributed by atoms with Crippen LogP contribution in [0.5, 0.6) is 5.88 Å². The SMILES string of the molecule is COc1nc2ccccc2cc1-c1cccnc1N. The van der Waals surface area contributed by atoms with Gasteiger partial charge in [0.15, 0.2) is 0 Å². The Balaban J connectivity index is 2.31. The number of ether oxygens (including phenoxy) is 1. The average Bonchev–Trinajstić information content (AvgIpc) is 2.46. The highest BCUT2D eigenvalue weighted by Crippen LogP contribution is 2.33. The summed E-state index contributed by atoms with van der Waals surface area (Å²) in [6, 6.07) is 13.7. The average molecular weight is 251 g/mol. The van der Waals surface area contributed by atoms with E-state index in [1.165, 1.54) is 0 Å². The second kappa shape index (κ2) is 4.57. The Morgan fingerprint density at radius 3 is 2.68 bits per heavy atom. The van der Waals surface area contributed by atoms with Gasteiger partial charge in [-0.3, -0.25) is 0 Å². The molecule has 0 aliphatic heterocycles. The van der Waals surface area contributed by atoms with E-state index in [9.17, 15) is 0 Å². The van der Waals surface area contributed by atoms with E-state index in [2.05, 4.69) is 9.97 Å². The van der Waals surface area contributed by atoms with Gasteiger partial charge in [-0.05, 0) is 24.3 Å². The van der Waals surface area contributed by atoms with Crippen molar-refractivity contribution in [1.82, 2.24) is 9.97 Å².